The number of nitrogen functional groups attached to an aromatic ring is 2. The molecule has 3 rings (SSSR count). The van der Waals surface area contributed by atoms with Gasteiger partial charge in [-0.25, -0.2) is 0 Å². The highest BCUT2D eigenvalue weighted by Gasteiger charge is 2.31. The second kappa shape index (κ2) is 4.76. The van der Waals surface area contributed by atoms with Gasteiger partial charge in [-0.1, -0.05) is 30.3 Å². The number of rotatable bonds is 0. The van der Waals surface area contributed by atoms with Crippen LogP contribution in [0.1, 0.15) is 27.0 Å². The van der Waals surface area contributed by atoms with E-state index in [0.29, 0.717) is 28.0 Å². The van der Waals surface area contributed by atoms with Gasteiger partial charge >= 0.3 is 0 Å². The average molecular weight is 286 g/mol. The molecule has 0 atom stereocenters. The van der Waals surface area contributed by atoms with E-state index in [0.717, 1.165) is 0 Å². The smallest absolute Gasteiger partial charge is 0.196 e. The number of ketones is 1. The Morgan fingerprint density at radius 3 is 2.18 bits per heavy atom. The zero-order valence-corrected chi connectivity index (χ0v) is 11.4. The minimum Gasteiger partial charge on any atom is -0.397 e. The predicted molar refractivity (Wildman–Crippen MR) is 82.4 cm³/mol. The molecule has 4 N–H and O–H groups in total. The molecule has 0 unspecified atom stereocenters. The highest BCUT2D eigenvalue weighted by molar-refractivity contribution is 6.22. The summed E-state index contributed by atoms with van der Waals surface area (Å²) >= 11 is 0. The van der Waals surface area contributed by atoms with Gasteiger partial charge in [0, 0.05) is 11.1 Å². The van der Waals surface area contributed by atoms with Crippen LogP contribution in [-0.2, 0) is 0 Å². The molecule has 22 heavy (non-hydrogen) atoms. The molecule has 0 bridgehead atoms. The van der Waals surface area contributed by atoms with Gasteiger partial charge in [-0.05, 0) is 17.2 Å². The van der Waals surface area contributed by atoms with E-state index in [9.17, 15) is 15.3 Å². The molecule has 5 heteroatoms. The van der Waals surface area contributed by atoms with E-state index in [1.165, 1.54) is 0 Å². The van der Waals surface area contributed by atoms with Gasteiger partial charge in [0.2, 0.25) is 0 Å². The molecule has 2 aromatic carbocycles. The number of nitriles is 2. The molecular formula is C17H10N4O. The summed E-state index contributed by atoms with van der Waals surface area (Å²) in [7, 11) is 0. The minimum atomic E-state index is -0.255. The maximum Gasteiger partial charge on any atom is 0.196 e. The third-order valence-corrected chi connectivity index (χ3v) is 3.69. The van der Waals surface area contributed by atoms with Crippen LogP contribution in [0.25, 0.3) is 5.57 Å². The molecule has 0 amide bonds. The number of nitrogens with two attached hydrogens (primary N) is 2. The Kier molecular flexibility index (Phi) is 2.90. The van der Waals surface area contributed by atoms with E-state index in [2.05, 4.69) is 0 Å². The highest BCUT2D eigenvalue weighted by atomic mass is 16.1. The molecular weight excluding hydrogens is 276 g/mol. The van der Waals surface area contributed by atoms with Gasteiger partial charge in [0.05, 0.1) is 16.9 Å². The number of hydrogen-bond acceptors (Lipinski definition) is 5. The standard InChI is InChI=1S/C17H10N4O/c18-7-9(8-19)14-10-3-1-2-4-11(10)17(22)15-12(14)5-6-13(20)16(15)21/h1-6H,20-21H2. The minimum absolute atomic E-state index is 0.0645. The quantitative estimate of drug-likeness (QED) is 0.485. The lowest BCUT2D eigenvalue weighted by atomic mass is 9.78. The Labute approximate surface area is 126 Å². The fourth-order valence-corrected chi connectivity index (χ4v) is 2.67. The van der Waals surface area contributed by atoms with Crippen molar-refractivity contribution in [1.82, 2.24) is 0 Å². The van der Waals surface area contributed by atoms with E-state index in [1.54, 1.807) is 36.4 Å². The zero-order valence-electron chi connectivity index (χ0n) is 11.4. The molecule has 2 aromatic rings. The first-order valence-corrected chi connectivity index (χ1v) is 6.47. The number of carbonyl (C=O) groups excluding carboxylic acids is 1. The number of hydrogen-bond donors (Lipinski definition) is 2. The van der Waals surface area contributed by atoms with Crippen LogP contribution in [0.5, 0.6) is 0 Å². The van der Waals surface area contributed by atoms with Gasteiger partial charge in [0.25, 0.3) is 0 Å². The topological polar surface area (TPSA) is 117 Å². The van der Waals surface area contributed by atoms with Crippen LogP contribution in [0.4, 0.5) is 11.4 Å². The molecule has 0 radical (unpaired) electrons. The van der Waals surface area contributed by atoms with E-state index in [-0.39, 0.29) is 22.6 Å². The fraction of sp³-hybridized carbons (Fsp3) is 0. The first-order chi connectivity index (χ1) is 10.6. The molecule has 0 aromatic heterocycles. The van der Waals surface area contributed by atoms with Gasteiger partial charge in [-0.15, -0.1) is 0 Å². The van der Waals surface area contributed by atoms with Crippen LogP contribution >= 0.6 is 0 Å². The third kappa shape index (κ3) is 1.67. The lowest BCUT2D eigenvalue weighted by Gasteiger charge is -2.23. The van der Waals surface area contributed by atoms with E-state index in [4.69, 9.17) is 11.5 Å². The predicted octanol–water partition coefficient (Wildman–Crippen LogP) is 2.24. The molecule has 104 valence electrons. The monoisotopic (exact) mass is 286 g/mol. The number of anilines is 2. The van der Waals surface area contributed by atoms with Crippen molar-refractivity contribution in [3.05, 3.63) is 64.2 Å². The summed E-state index contributed by atoms with van der Waals surface area (Å²) < 4.78 is 0. The van der Waals surface area contributed by atoms with Gasteiger partial charge in [0.15, 0.2) is 5.78 Å². The summed E-state index contributed by atoms with van der Waals surface area (Å²) in [5.74, 6) is -0.255. The molecule has 0 fully saturated rings. The Bertz CT molecular complexity index is 926. The largest absolute Gasteiger partial charge is 0.397 e. The first kappa shape index (κ1) is 13.4. The van der Waals surface area contributed by atoms with Crippen LogP contribution in [0, 0.1) is 22.7 Å². The Morgan fingerprint density at radius 2 is 1.55 bits per heavy atom. The van der Waals surface area contributed by atoms with Crippen LogP contribution in [-0.4, -0.2) is 5.78 Å². The number of benzene rings is 2. The zero-order chi connectivity index (χ0) is 15.9. The maximum atomic E-state index is 12.7. The summed E-state index contributed by atoms with van der Waals surface area (Å²) in [6.45, 7) is 0. The normalized spacial score (nSPS) is 11.9. The van der Waals surface area contributed by atoms with Crippen molar-refractivity contribution < 1.29 is 4.79 Å². The van der Waals surface area contributed by atoms with Crippen molar-refractivity contribution in [2.75, 3.05) is 11.5 Å². The number of fused-ring (bicyclic) bond motifs is 2. The van der Waals surface area contributed by atoms with Crippen LogP contribution < -0.4 is 11.5 Å². The third-order valence-electron chi connectivity index (χ3n) is 3.69. The van der Waals surface area contributed by atoms with Crippen molar-refractivity contribution in [2.24, 2.45) is 0 Å². The maximum absolute atomic E-state index is 12.7. The number of nitrogens with zero attached hydrogens (tertiary/aromatic N) is 2. The molecule has 0 saturated carbocycles. The van der Waals surface area contributed by atoms with E-state index in [1.807, 2.05) is 12.1 Å². The Morgan fingerprint density at radius 1 is 0.909 bits per heavy atom. The van der Waals surface area contributed by atoms with Gasteiger partial charge in [-0.3, -0.25) is 4.79 Å². The molecule has 0 spiro atoms. The summed E-state index contributed by atoms with van der Waals surface area (Å²) in [6.07, 6.45) is 0. The van der Waals surface area contributed by atoms with Crippen molar-refractivity contribution in [3.63, 3.8) is 0 Å². The number of carbonyl (C=O) groups is 1. The van der Waals surface area contributed by atoms with Crippen LogP contribution in [0.3, 0.4) is 0 Å². The molecule has 0 aliphatic heterocycles. The van der Waals surface area contributed by atoms with Gasteiger partial charge in [0.1, 0.15) is 17.7 Å². The summed E-state index contributed by atoms with van der Waals surface area (Å²) in [5, 5.41) is 18.5. The van der Waals surface area contributed by atoms with Crippen molar-refractivity contribution in [2.45, 2.75) is 0 Å². The SMILES string of the molecule is N#CC(C#N)=C1c2ccccc2C(=O)c2c1ccc(N)c2N. The molecule has 0 heterocycles. The highest BCUT2D eigenvalue weighted by Crippen LogP contribution is 2.41. The first-order valence-electron chi connectivity index (χ1n) is 6.47. The second-order valence-corrected chi connectivity index (χ2v) is 4.84. The number of allylic oxidation sites excluding steroid dienone is 1. The summed E-state index contributed by atoms with van der Waals surface area (Å²) in [4.78, 5) is 12.7. The van der Waals surface area contributed by atoms with Crippen molar-refractivity contribution in [1.29, 1.82) is 10.5 Å². The summed E-state index contributed by atoms with van der Waals surface area (Å²) in [5.41, 5.74) is 14.2. The lowest BCUT2D eigenvalue weighted by molar-refractivity contribution is 0.103. The van der Waals surface area contributed by atoms with Crippen LogP contribution in [0.15, 0.2) is 42.0 Å². The van der Waals surface area contributed by atoms with Gasteiger partial charge < -0.3 is 11.5 Å². The van der Waals surface area contributed by atoms with Gasteiger partial charge in [-0.2, -0.15) is 10.5 Å². The Hall–Kier alpha value is -3.57. The fourth-order valence-electron chi connectivity index (χ4n) is 2.67. The van der Waals surface area contributed by atoms with Crippen LogP contribution in [0.2, 0.25) is 0 Å². The molecule has 0 saturated heterocycles. The average Bonchev–Trinajstić information content (AvgIpc) is 2.54. The Balaban J connectivity index is 2.52. The molecule has 1 aliphatic carbocycles. The van der Waals surface area contributed by atoms with Crippen molar-refractivity contribution >= 4 is 22.7 Å². The molecule has 5 nitrogen and oxygen atoms in total. The molecule has 1 aliphatic rings. The second-order valence-electron chi connectivity index (χ2n) is 4.84. The summed E-state index contributed by atoms with van der Waals surface area (Å²) in [6, 6.07) is 13.8. The lowest BCUT2D eigenvalue weighted by Crippen LogP contribution is -2.18. The van der Waals surface area contributed by atoms with Crippen molar-refractivity contribution in [3.8, 4) is 12.1 Å². The van der Waals surface area contributed by atoms with E-state index < -0.39 is 0 Å². The van der Waals surface area contributed by atoms with E-state index >= 15 is 0 Å².